The Labute approximate surface area is 89.9 Å². The van der Waals surface area contributed by atoms with Gasteiger partial charge in [0.2, 0.25) is 0 Å². The number of likely N-dealkylation sites (N-methyl/N-ethyl adjacent to an activating group) is 1. The summed E-state index contributed by atoms with van der Waals surface area (Å²) < 4.78 is 13.0. The normalized spacial score (nSPS) is 18.1. The number of hydrogen-bond donors (Lipinski definition) is 1. The first-order valence-corrected chi connectivity index (χ1v) is 5.32. The Morgan fingerprint density at radius 2 is 2.20 bits per heavy atom. The van der Waals surface area contributed by atoms with Gasteiger partial charge in [-0.2, -0.15) is 0 Å². The zero-order valence-electron chi connectivity index (χ0n) is 9.04. The fourth-order valence-electron chi connectivity index (χ4n) is 1.96. The van der Waals surface area contributed by atoms with Crippen LogP contribution in [0.4, 0.5) is 4.39 Å². The summed E-state index contributed by atoms with van der Waals surface area (Å²) in [5.74, 6) is -0.168. The molecule has 0 atom stereocenters. The van der Waals surface area contributed by atoms with Gasteiger partial charge in [-0.25, -0.2) is 4.39 Å². The van der Waals surface area contributed by atoms with Crippen molar-refractivity contribution in [2.75, 3.05) is 13.6 Å². The van der Waals surface area contributed by atoms with Crippen molar-refractivity contribution in [3.8, 4) is 0 Å². The number of hydrogen-bond acceptors (Lipinski definition) is 2. The molecule has 1 saturated carbocycles. The summed E-state index contributed by atoms with van der Waals surface area (Å²) in [4.78, 5) is 2.24. The number of halogens is 1. The molecule has 2 N–H and O–H groups in total. The molecule has 1 aromatic carbocycles. The number of rotatable bonds is 4. The summed E-state index contributed by atoms with van der Waals surface area (Å²) >= 11 is 0. The Balaban J connectivity index is 2.03. The topological polar surface area (TPSA) is 29.3 Å². The maximum Gasteiger partial charge on any atom is 0.123 e. The molecular formula is C12H17FN2. The molecule has 0 aromatic heterocycles. The van der Waals surface area contributed by atoms with Crippen LogP contribution in [0.1, 0.15) is 18.4 Å². The Kier molecular flexibility index (Phi) is 2.76. The van der Waals surface area contributed by atoms with Gasteiger partial charge in [-0.15, -0.1) is 0 Å². The maximum atomic E-state index is 13.0. The molecule has 2 rings (SSSR count). The van der Waals surface area contributed by atoms with Gasteiger partial charge < -0.3 is 5.73 Å². The second-order valence-electron chi connectivity index (χ2n) is 4.41. The van der Waals surface area contributed by atoms with Crippen LogP contribution in [0, 0.1) is 5.82 Å². The smallest absolute Gasteiger partial charge is 0.123 e. The quantitative estimate of drug-likeness (QED) is 0.816. The van der Waals surface area contributed by atoms with Gasteiger partial charge in [-0.05, 0) is 37.6 Å². The molecule has 2 nitrogen and oxygen atoms in total. The molecule has 1 aliphatic carbocycles. The third kappa shape index (κ3) is 2.19. The van der Waals surface area contributed by atoms with Crippen LogP contribution in [-0.2, 0) is 6.54 Å². The van der Waals surface area contributed by atoms with Gasteiger partial charge in [0.15, 0.2) is 0 Å². The molecule has 0 bridgehead atoms. The summed E-state index contributed by atoms with van der Waals surface area (Å²) in [6.07, 6.45) is 2.32. The molecule has 1 fully saturated rings. The van der Waals surface area contributed by atoms with E-state index in [0.717, 1.165) is 24.9 Å². The fraction of sp³-hybridized carbons (Fsp3) is 0.500. The van der Waals surface area contributed by atoms with Gasteiger partial charge >= 0.3 is 0 Å². The van der Waals surface area contributed by atoms with Crippen molar-refractivity contribution < 1.29 is 4.39 Å². The molecule has 1 aliphatic rings. The van der Waals surface area contributed by atoms with Crippen LogP contribution in [-0.4, -0.2) is 24.0 Å². The fourth-order valence-corrected chi connectivity index (χ4v) is 1.96. The van der Waals surface area contributed by atoms with Crippen molar-refractivity contribution in [1.29, 1.82) is 0 Å². The van der Waals surface area contributed by atoms with E-state index < -0.39 is 0 Å². The molecule has 3 heteroatoms. The average Bonchev–Trinajstić information content (AvgIpc) is 2.98. The molecule has 1 aromatic rings. The van der Waals surface area contributed by atoms with Gasteiger partial charge in [-0.3, -0.25) is 4.90 Å². The highest BCUT2D eigenvalue weighted by Crippen LogP contribution is 2.40. The van der Waals surface area contributed by atoms with Crippen molar-refractivity contribution in [2.45, 2.75) is 24.9 Å². The van der Waals surface area contributed by atoms with Crippen LogP contribution in [0.2, 0.25) is 0 Å². The van der Waals surface area contributed by atoms with E-state index in [4.69, 9.17) is 5.73 Å². The number of nitrogens with two attached hydrogens (primary N) is 1. The summed E-state index contributed by atoms with van der Waals surface area (Å²) in [6.45, 7) is 1.47. The predicted molar refractivity (Wildman–Crippen MR) is 58.9 cm³/mol. The van der Waals surface area contributed by atoms with Crippen LogP contribution in [0.25, 0.3) is 0 Å². The molecule has 0 unspecified atom stereocenters. The zero-order chi connectivity index (χ0) is 10.9. The van der Waals surface area contributed by atoms with Crippen LogP contribution in [0.5, 0.6) is 0 Å². The van der Waals surface area contributed by atoms with E-state index in [1.54, 1.807) is 12.1 Å². The summed E-state index contributed by atoms with van der Waals surface area (Å²) in [7, 11) is 2.06. The second kappa shape index (κ2) is 3.91. The summed E-state index contributed by atoms with van der Waals surface area (Å²) in [5.41, 5.74) is 6.94. The van der Waals surface area contributed by atoms with E-state index in [0.29, 0.717) is 6.54 Å². The van der Waals surface area contributed by atoms with Crippen LogP contribution in [0.3, 0.4) is 0 Å². The first-order chi connectivity index (χ1) is 7.16. The Hall–Kier alpha value is -0.930. The SMILES string of the molecule is CN(Cc1cccc(F)c1)C1(CN)CC1. The minimum atomic E-state index is -0.168. The minimum absolute atomic E-state index is 0.168. The van der Waals surface area contributed by atoms with Crippen molar-refractivity contribution in [2.24, 2.45) is 5.73 Å². The summed E-state index contributed by atoms with van der Waals surface area (Å²) in [5, 5.41) is 0. The van der Waals surface area contributed by atoms with Gasteiger partial charge in [0.1, 0.15) is 5.82 Å². The molecule has 0 amide bonds. The Morgan fingerprint density at radius 3 is 2.73 bits per heavy atom. The van der Waals surface area contributed by atoms with E-state index in [9.17, 15) is 4.39 Å². The van der Waals surface area contributed by atoms with E-state index >= 15 is 0 Å². The van der Waals surface area contributed by atoms with Crippen molar-refractivity contribution in [1.82, 2.24) is 4.90 Å². The predicted octanol–water partition coefficient (Wildman–Crippen LogP) is 1.75. The zero-order valence-corrected chi connectivity index (χ0v) is 9.04. The first kappa shape index (κ1) is 10.6. The van der Waals surface area contributed by atoms with Gasteiger partial charge in [0, 0.05) is 18.6 Å². The lowest BCUT2D eigenvalue weighted by atomic mass is 10.1. The molecule has 82 valence electrons. The lowest BCUT2D eigenvalue weighted by Crippen LogP contribution is -2.39. The highest BCUT2D eigenvalue weighted by molar-refractivity contribution is 5.17. The highest BCUT2D eigenvalue weighted by atomic mass is 19.1. The Bertz CT molecular complexity index is 347. The maximum absolute atomic E-state index is 13.0. The minimum Gasteiger partial charge on any atom is -0.329 e. The molecular weight excluding hydrogens is 191 g/mol. The molecule has 0 radical (unpaired) electrons. The van der Waals surface area contributed by atoms with Crippen molar-refractivity contribution >= 4 is 0 Å². The monoisotopic (exact) mass is 208 g/mol. The van der Waals surface area contributed by atoms with Gasteiger partial charge in [0.05, 0.1) is 0 Å². The standard InChI is InChI=1S/C12H17FN2/c1-15(12(9-14)5-6-12)8-10-3-2-4-11(13)7-10/h2-4,7H,5-6,8-9,14H2,1H3. The third-order valence-electron chi connectivity index (χ3n) is 3.33. The summed E-state index contributed by atoms with van der Waals surface area (Å²) in [6, 6.07) is 6.76. The van der Waals surface area contributed by atoms with E-state index in [-0.39, 0.29) is 11.4 Å². The highest BCUT2D eigenvalue weighted by Gasteiger charge is 2.44. The second-order valence-corrected chi connectivity index (χ2v) is 4.41. The van der Waals surface area contributed by atoms with Gasteiger partial charge in [0.25, 0.3) is 0 Å². The van der Waals surface area contributed by atoms with Crippen molar-refractivity contribution in [3.05, 3.63) is 35.6 Å². The lowest BCUT2D eigenvalue weighted by molar-refractivity contribution is 0.218. The van der Waals surface area contributed by atoms with Crippen LogP contribution >= 0.6 is 0 Å². The van der Waals surface area contributed by atoms with Gasteiger partial charge in [-0.1, -0.05) is 12.1 Å². The van der Waals surface area contributed by atoms with Crippen LogP contribution in [0.15, 0.2) is 24.3 Å². The van der Waals surface area contributed by atoms with E-state index in [1.165, 1.54) is 6.07 Å². The van der Waals surface area contributed by atoms with Crippen molar-refractivity contribution in [3.63, 3.8) is 0 Å². The molecule has 15 heavy (non-hydrogen) atoms. The molecule has 0 spiro atoms. The molecule has 0 aliphatic heterocycles. The lowest BCUT2D eigenvalue weighted by Gasteiger charge is -2.26. The Morgan fingerprint density at radius 1 is 1.47 bits per heavy atom. The third-order valence-corrected chi connectivity index (χ3v) is 3.33. The molecule has 0 saturated heterocycles. The first-order valence-electron chi connectivity index (χ1n) is 5.32. The molecule has 0 heterocycles. The average molecular weight is 208 g/mol. The largest absolute Gasteiger partial charge is 0.329 e. The van der Waals surface area contributed by atoms with E-state index in [2.05, 4.69) is 11.9 Å². The number of nitrogens with zero attached hydrogens (tertiary/aromatic N) is 1. The van der Waals surface area contributed by atoms with Crippen LogP contribution < -0.4 is 5.73 Å². The number of benzene rings is 1. The van der Waals surface area contributed by atoms with E-state index in [1.807, 2.05) is 6.07 Å².